The van der Waals surface area contributed by atoms with Crippen LogP contribution >= 0.6 is 0 Å². The van der Waals surface area contributed by atoms with Crippen LogP contribution in [0.2, 0.25) is 0 Å². The molecule has 0 spiro atoms. The van der Waals surface area contributed by atoms with Crippen molar-refractivity contribution in [3.63, 3.8) is 0 Å². The number of benzene rings is 2. The fraction of sp³-hybridized carbons (Fsp3) is 0.333. The van der Waals surface area contributed by atoms with Crippen molar-refractivity contribution in [3.05, 3.63) is 59.7 Å². The molecule has 0 saturated carbocycles. The number of nitriles is 1. The quantitative estimate of drug-likeness (QED) is 0.723. The van der Waals surface area contributed by atoms with Crippen LogP contribution in [-0.2, 0) is 21.2 Å². The number of hydrogen-bond donors (Lipinski definition) is 0. The maximum Gasteiger partial charge on any atom is 0.243 e. The van der Waals surface area contributed by atoms with Crippen LogP contribution < -0.4 is 4.74 Å². The fourth-order valence-electron chi connectivity index (χ4n) is 3.23. The first kappa shape index (κ1) is 20.8. The number of nitrogens with zero attached hydrogens (tertiary/aromatic N) is 3. The predicted molar refractivity (Wildman–Crippen MR) is 108 cm³/mol. The van der Waals surface area contributed by atoms with E-state index in [2.05, 4.69) is 0 Å². The number of carbonyl (C=O) groups excluding carboxylic acids is 1. The minimum absolute atomic E-state index is 0.0243. The Kier molecular flexibility index (Phi) is 6.52. The van der Waals surface area contributed by atoms with E-state index in [1.165, 1.54) is 28.6 Å². The van der Waals surface area contributed by atoms with Crippen molar-refractivity contribution in [2.24, 2.45) is 0 Å². The van der Waals surface area contributed by atoms with Crippen molar-refractivity contribution in [2.45, 2.75) is 17.7 Å². The van der Waals surface area contributed by atoms with Crippen LogP contribution in [-0.4, -0.2) is 56.8 Å². The van der Waals surface area contributed by atoms with Crippen molar-refractivity contribution in [2.75, 3.05) is 33.3 Å². The summed E-state index contributed by atoms with van der Waals surface area (Å²) in [5, 5.41) is 8.85. The summed E-state index contributed by atoms with van der Waals surface area (Å²) in [5.74, 6) is 0.802. The van der Waals surface area contributed by atoms with Crippen LogP contribution in [0.5, 0.6) is 5.75 Å². The molecule has 8 heteroatoms. The Balaban J connectivity index is 1.53. The number of rotatable bonds is 6. The van der Waals surface area contributed by atoms with Gasteiger partial charge in [0.25, 0.3) is 0 Å². The lowest BCUT2D eigenvalue weighted by molar-refractivity contribution is -0.132. The van der Waals surface area contributed by atoms with Crippen LogP contribution in [0.25, 0.3) is 0 Å². The van der Waals surface area contributed by atoms with Crippen LogP contribution in [0.15, 0.2) is 53.4 Å². The average Bonchev–Trinajstić information content (AvgIpc) is 2.78. The van der Waals surface area contributed by atoms with Crippen molar-refractivity contribution in [1.29, 1.82) is 5.26 Å². The Morgan fingerprint density at radius 1 is 1.03 bits per heavy atom. The second kappa shape index (κ2) is 9.07. The first-order chi connectivity index (χ1) is 13.9. The third kappa shape index (κ3) is 4.94. The van der Waals surface area contributed by atoms with Gasteiger partial charge < -0.3 is 9.64 Å². The summed E-state index contributed by atoms with van der Waals surface area (Å²) in [7, 11) is -2.01. The van der Waals surface area contributed by atoms with Gasteiger partial charge in [0, 0.05) is 32.6 Å². The largest absolute Gasteiger partial charge is 0.497 e. The summed E-state index contributed by atoms with van der Waals surface area (Å²) < 4.78 is 32.0. The van der Waals surface area contributed by atoms with E-state index in [0.717, 1.165) is 11.3 Å². The zero-order valence-corrected chi connectivity index (χ0v) is 17.1. The molecule has 29 heavy (non-hydrogen) atoms. The van der Waals surface area contributed by atoms with Gasteiger partial charge in [-0.3, -0.25) is 4.79 Å². The molecule has 0 atom stereocenters. The average molecular weight is 413 g/mol. The summed E-state index contributed by atoms with van der Waals surface area (Å²) in [6.07, 6.45) is 1.02. The lowest BCUT2D eigenvalue weighted by atomic mass is 10.1. The van der Waals surface area contributed by atoms with Crippen molar-refractivity contribution in [1.82, 2.24) is 9.21 Å². The van der Waals surface area contributed by atoms with E-state index in [1.54, 1.807) is 12.0 Å². The zero-order valence-electron chi connectivity index (χ0n) is 16.2. The molecule has 0 N–H and O–H groups in total. The van der Waals surface area contributed by atoms with Gasteiger partial charge in [-0.05, 0) is 48.4 Å². The molecule has 1 heterocycles. The van der Waals surface area contributed by atoms with Gasteiger partial charge in [0.1, 0.15) is 5.75 Å². The predicted octanol–water partition coefficient (Wildman–Crippen LogP) is 2.03. The summed E-state index contributed by atoms with van der Waals surface area (Å²) in [6.45, 7) is 1.27. The fourth-order valence-corrected chi connectivity index (χ4v) is 4.65. The minimum Gasteiger partial charge on any atom is -0.497 e. The van der Waals surface area contributed by atoms with Gasteiger partial charge in [-0.15, -0.1) is 0 Å². The first-order valence-corrected chi connectivity index (χ1v) is 10.8. The molecule has 1 amide bonds. The Bertz CT molecular complexity index is 988. The van der Waals surface area contributed by atoms with E-state index in [9.17, 15) is 13.2 Å². The van der Waals surface area contributed by atoms with Crippen LogP contribution in [0, 0.1) is 11.3 Å². The first-order valence-electron chi connectivity index (χ1n) is 9.35. The van der Waals surface area contributed by atoms with Gasteiger partial charge in [0.05, 0.1) is 23.6 Å². The highest BCUT2D eigenvalue weighted by atomic mass is 32.2. The van der Waals surface area contributed by atoms with E-state index in [-0.39, 0.29) is 23.9 Å². The monoisotopic (exact) mass is 413 g/mol. The molecule has 0 unspecified atom stereocenters. The number of hydrogen-bond acceptors (Lipinski definition) is 5. The van der Waals surface area contributed by atoms with Gasteiger partial charge in [0.2, 0.25) is 15.9 Å². The van der Waals surface area contributed by atoms with Crippen LogP contribution in [0.4, 0.5) is 0 Å². The van der Waals surface area contributed by atoms with Crippen molar-refractivity contribution in [3.8, 4) is 11.8 Å². The number of ether oxygens (including phenoxy) is 1. The maximum atomic E-state index is 12.8. The molecule has 0 aromatic heterocycles. The third-order valence-electron chi connectivity index (χ3n) is 5.00. The normalized spacial score (nSPS) is 15.0. The maximum absolute atomic E-state index is 12.8. The third-order valence-corrected chi connectivity index (χ3v) is 6.91. The van der Waals surface area contributed by atoms with E-state index < -0.39 is 10.0 Å². The Morgan fingerprint density at radius 2 is 1.66 bits per heavy atom. The van der Waals surface area contributed by atoms with Gasteiger partial charge in [0.15, 0.2) is 0 Å². The van der Waals surface area contributed by atoms with Gasteiger partial charge in [-0.2, -0.15) is 9.57 Å². The van der Waals surface area contributed by atoms with Gasteiger partial charge in [-0.1, -0.05) is 12.1 Å². The number of carbonyl (C=O) groups is 1. The van der Waals surface area contributed by atoms with Gasteiger partial charge >= 0.3 is 0 Å². The standard InChI is InChI=1S/C21H23N3O4S/c1-28-19-7-2-17(3-8-19)6-11-21(25)23-12-14-24(15-13-23)29(26,27)20-9-4-18(16-22)5-10-20/h2-5,7-10H,6,11-15H2,1H3. The number of methoxy groups -OCH3 is 1. The molecular weight excluding hydrogens is 390 g/mol. The molecule has 1 aliphatic rings. The highest BCUT2D eigenvalue weighted by Gasteiger charge is 2.29. The van der Waals surface area contributed by atoms with Crippen molar-refractivity contribution < 1.29 is 17.9 Å². The minimum atomic E-state index is -3.62. The summed E-state index contributed by atoms with van der Waals surface area (Å²) in [4.78, 5) is 14.4. The molecule has 2 aromatic rings. The molecule has 0 aliphatic carbocycles. The topological polar surface area (TPSA) is 90.7 Å². The van der Waals surface area contributed by atoms with Crippen LogP contribution in [0.1, 0.15) is 17.5 Å². The number of sulfonamides is 1. The lowest BCUT2D eigenvalue weighted by Crippen LogP contribution is -2.50. The summed E-state index contributed by atoms with van der Waals surface area (Å²) >= 11 is 0. The Labute approximate surface area is 171 Å². The summed E-state index contributed by atoms with van der Waals surface area (Å²) in [6, 6.07) is 15.5. The molecule has 0 bridgehead atoms. The second-order valence-corrected chi connectivity index (χ2v) is 8.71. The van der Waals surface area contributed by atoms with E-state index in [4.69, 9.17) is 10.00 Å². The molecule has 1 aliphatic heterocycles. The Hall–Kier alpha value is -2.89. The molecule has 152 valence electrons. The van der Waals surface area contributed by atoms with E-state index in [0.29, 0.717) is 31.5 Å². The molecule has 1 saturated heterocycles. The molecule has 0 radical (unpaired) electrons. The summed E-state index contributed by atoms with van der Waals surface area (Å²) in [5.41, 5.74) is 1.47. The molecular formula is C21H23N3O4S. The number of aryl methyl sites for hydroxylation is 1. The Morgan fingerprint density at radius 3 is 2.21 bits per heavy atom. The number of amides is 1. The molecule has 1 fully saturated rings. The molecule has 2 aromatic carbocycles. The highest BCUT2D eigenvalue weighted by Crippen LogP contribution is 2.19. The molecule has 7 nitrogen and oxygen atoms in total. The smallest absolute Gasteiger partial charge is 0.243 e. The zero-order chi connectivity index (χ0) is 20.9. The van der Waals surface area contributed by atoms with Crippen molar-refractivity contribution >= 4 is 15.9 Å². The second-order valence-electron chi connectivity index (χ2n) is 6.77. The van der Waals surface area contributed by atoms with E-state index in [1.807, 2.05) is 30.3 Å². The van der Waals surface area contributed by atoms with Crippen LogP contribution in [0.3, 0.4) is 0 Å². The molecule has 3 rings (SSSR count). The number of piperazine rings is 1. The lowest BCUT2D eigenvalue weighted by Gasteiger charge is -2.34. The van der Waals surface area contributed by atoms with Gasteiger partial charge in [-0.25, -0.2) is 8.42 Å². The highest BCUT2D eigenvalue weighted by molar-refractivity contribution is 7.89. The van der Waals surface area contributed by atoms with E-state index >= 15 is 0 Å². The SMILES string of the molecule is COc1ccc(CCC(=O)N2CCN(S(=O)(=O)c3ccc(C#N)cc3)CC2)cc1.